The van der Waals surface area contributed by atoms with Gasteiger partial charge in [-0.25, -0.2) is 8.78 Å². The summed E-state index contributed by atoms with van der Waals surface area (Å²) in [5, 5.41) is 0. The molecular formula is C17H21F2NO3. The molecule has 0 bridgehead atoms. The van der Waals surface area contributed by atoms with E-state index in [1.165, 1.54) is 0 Å². The number of rotatable bonds is 4. The minimum atomic E-state index is -0.996. The Morgan fingerprint density at radius 2 is 2.09 bits per heavy atom. The molecule has 0 radical (unpaired) electrons. The summed E-state index contributed by atoms with van der Waals surface area (Å²) >= 11 is 0. The van der Waals surface area contributed by atoms with Crippen LogP contribution in [-0.2, 0) is 9.47 Å². The van der Waals surface area contributed by atoms with Gasteiger partial charge in [0.25, 0.3) is 5.91 Å². The number of likely N-dealkylation sites (tertiary alicyclic amines) is 1. The van der Waals surface area contributed by atoms with Gasteiger partial charge in [0.1, 0.15) is 5.60 Å². The summed E-state index contributed by atoms with van der Waals surface area (Å²) in [5.74, 6) is -1.83. The summed E-state index contributed by atoms with van der Waals surface area (Å²) in [4.78, 5) is 14.2. The number of nitrogens with zero attached hydrogens (tertiary/aromatic N) is 1. The summed E-state index contributed by atoms with van der Waals surface area (Å²) in [6.07, 6.45) is 1.87. The van der Waals surface area contributed by atoms with Crippen LogP contribution < -0.4 is 0 Å². The Bertz CT molecular complexity index is 614. The predicted octanol–water partition coefficient (Wildman–Crippen LogP) is 2.54. The van der Waals surface area contributed by atoms with Crippen LogP contribution in [0.3, 0.4) is 0 Å². The van der Waals surface area contributed by atoms with Crippen LogP contribution in [-0.4, -0.2) is 49.8 Å². The number of ether oxygens (including phenoxy) is 2. The van der Waals surface area contributed by atoms with Crippen molar-refractivity contribution in [1.29, 1.82) is 0 Å². The SMILES string of the molecule is COCCC1CCOC12CN(C(=O)c1cc(F)c(F)cc1C)C2. The molecule has 2 aliphatic rings. The molecule has 1 amide bonds. The summed E-state index contributed by atoms with van der Waals surface area (Å²) < 4.78 is 37.6. The van der Waals surface area contributed by atoms with Crippen molar-refractivity contribution in [2.24, 2.45) is 5.92 Å². The lowest BCUT2D eigenvalue weighted by molar-refractivity contribution is -0.120. The maximum Gasteiger partial charge on any atom is 0.254 e. The second-order valence-corrected chi connectivity index (χ2v) is 6.42. The average Bonchev–Trinajstić information content (AvgIpc) is 2.90. The number of hydrogen-bond donors (Lipinski definition) is 0. The molecule has 6 heteroatoms. The molecule has 1 aromatic carbocycles. The van der Waals surface area contributed by atoms with Crippen LogP contribution in [0.2, 0.25) is 0 Å². The van der Waals surface area contributed by atoms with Crippen LogP contribution in [0.1, 0.15) is 28.8 Å². The highest BCUT2D eigenvalue weighted by molar-refractivity contribution is 5.96. The Labute approximate surface area is 134 Å². The molecule has 2 fully saturated rings. The van der Waals surface area contributed by atoms with Crippen LogP contribution >= 0.6 is 0 Å². The number of carbonyl (C=O) groups is 1. The third-order valence-corrected chi connectivity index (χ3v) is 4.97. The molecule has 1 aromatic rings. The molecule has 0 aromatic heterocycles. The van der Waals surface area contributed by atoms with Crippen molar-refractivity contribution in [3.05, 3.63) is 34.9 Å². The zero-order valence-electron chi connectivity index (χ0n) is 13.4. The van der Waals surface area contributed by atoms with Gasteiger partial charge in [0.05, 0.1) is 13.1 Å². The molecule has 1 unspecified atom stereocenters. The summed E-state index contributed by atoms with van der Waals surface area (Å²) in [6.45, 7) is 3.97. The van der Waals surface area contributed by atoms with E-state index in [0.717, 1.165) is 25.0 Å². The molecule has 1 spiro atoms. The monoisotopic (exact) mass is 325 g/mol. The summed E-state index contributed by atoms with van der Waals surface area (Å²) in [7, 11) is 1.67. The maximum absolute atomic E-state index is 13.4. The molecular weight excluding hydrogens is 304 g/mol. The fourth-order valence-electron chi connectivity index (χ4n) is 3.59. The van der Waals surface area contributed by atoms with E-state index < -0.39 is 11.6 Å². The van der Waals surface area contributed by atoms with Gasteiger partial charge >= 0.3 is 0 Å². The van der Waals surface area contributed by atoms with E-state index in [4.69, 9.17) is 9.47 Å². The highest BCUT2D eigenvalue weighted by Gasteiger charge is 2.54. The molecule has 2 heterocycles. The standard InChI is InChI=1S/C17H21F2NO3/c1-11-7-14(18)15(19)8-13(11)16(21)20-9-17(10-20)12(3-5-22-2)4-6-23-17/h7-8,12H,3-6,9-10H2,1-2H3. The topological polar surface area (TPSA) is 38.8 Å². The van der Waals surface area contributed by atoms with E-state index in [-0.39, 0.29) is 17.1 Å². The maximum atomic E-state index is 13.4. The Balaban J connectivity index is 1.69. The normalized spacial score (nSPS) is 22.4. The number of hydrogen-bond acceptors (Lipinski definition) is 3. The molecule has 2 aliphatic heterocycles. The fourth-order valence-corrected chi connectivity index (χ4v) is 3.59. The predicted molar refractivity (Wildman–Crippen MR) is 80.3 cm³/mol. The minimum absolute atomic E-state index is 0.213. The number of aryl methyl sites for hydroxylation is 1. The molecule has 4 nitrogen and oxygen atoms in total. The molecule has 23 heavy (non-hydrogen) atoms. The first-order valence-corrected chi connectivity index (χ1v) is 7.84. The van der Waals surface area contributed by atoms with Gasteiger partial charge in [0, 0.05) is 25.9 Å². The van der Waals surface area contributed by atoms with Gasteiger partial charge in [-0.1, -0.05) is 0 Å². The molecule has 0 saturated carbocycles. The first kappa shape index (κ1) is 16.3. The van der Waals surface area contributed by atoms with Crippen molar-refractivity contribution in [2.75, 3.05) is 33.4 Å². The summed E-state index contributed by atoms with van der Waals surface area (Å²) in [6, 6.07) is 2.04. The first-order valence-electron chi connectivity index (χ1n) is 7.84. The van der Waals surface area contributed by atoms with Crippen molar-refractivity contribution < 1.29 is 23.0 Å². The van der Waals surface area contributed by atoms with Crippen LogP contribution in [0.4, 0.5) is 8.78 Å². The Morgan fingerprint density at radius 3 is 2.78 bits per heavy atom. The van der Waals surface area contributed by atoms with Crippen molar-refractivity contribution >= 4 is 5.91 Å². The van der Waals surface area contributed by atoms with E-state index in [2.05, 4.69) is 0 Å². The van der Waals surface area contributed by atoms with Gasteiger partial charge in [0.2, 0.25) is 0 Å². The van der Waals surface area contributed by atoms with Crippen LogP contribution in [0.5, 0.6) is 0 Å². The molecule has 3 rings (SSSR count). The highest BCUT2D eigenvalue weighted by Crippen LogP contribution is 2.42. The molecule has 0 aliphatic carbocycles. The number of carbonyl (C=O) groups excluding carboxylic acids is 1. The Kier molecular flexibility index (Phi) is 4.38. The largest absolute Gasteiger partial charge is 0.385 e. The second-order valence-electron chi connectivity index (χ2n) is 6.42. The molecule has 126 valence electrons. The minimum Gasteiger partial charge on any atom is -0.385 e. The average molecular weight is 325 g/mol. The lowest BCUT2D eigenvalue weighted by Crippen LogP contribution is -2.66. The first-order chi connectivity index (χ1) is 11.0. The van der Waals surface area contributed by atoms with Crippen LogP contribution in [0.25, 0.3) is 0 Å². The van der Waals surface area contributed by atoms with Crippen LogP contribution in [0.15, 0.2) is 12.1 Å². The summed E-state index contributed by atoms with van der Waals surface area (Å²) in [5.41, 5.74) is 0.365. The molecule has 1 atom stereocenters. The number of amides is 1. The van der Waals surface area contributed by atoms with Crippen LogP contribution in [0, 0.1) is 24.5 Å². The Hall–Kier alpha value is -1.53. The second kappa shape index (κ2) is 6.17. The zero-order valence-corrected chi connectivity index (χ0v) is 13.4. The smallest absolute Gasteiger partial charge is 0.254 e. The molecule has 2 saturated heterocycles. The van der Waals surface area contributed by atoms with Crippen molar-refractivity contribution in [2.45, 2.75) is 25.4 Å². The van der Waals surface area contributed by atoms with Crippen molar-refractivity contribution in [3.8, 4) is 0 Å². The third-order valence-electron chi connectivity index (χ3n) is 4.97. The van der Waals surface area contributed by atoms with E-state index >= 15 is 0 Å². The van der Waals surface area contributed by atoms with Gasteiger partial charge in [-0.2, -0.15) is 0 Å². The zero-order chi connectivity index (χ0) is 16.6. The lowest BCUT2D eigenvalue weighted by Gasteiger charge is -2.50. The van der Waals surface area contributed by atoms with E-state index in [1.54, 1.807) is 18.9 Å². The van der Waals surface area contributed by atoms with Gasteiger partial charge in [0.15, 0.2) is 11.6 Å². The van der Waals surface area contributed by atoms with Gasteiger partial charge in [-0.3, -0.25) is 4.79 Å². The van der Waals surface area contributed by atoms with Crippen molar-refractivity contribution in [3.63, 3.8) is 0 Å². The van der Waals surface area contributed by atoms with E-state index in [1.807, 2.05) is 0 Å². The van der Waals surface area contributed by atoms with Gasteiger partial charge < -0.3 is 14.4 Å². The Morgan fingerprint density at radius 1 is 1.39 bits per heavy atom. The lowest BCUT2D eigenvalue weighted by atomic mass is 9.78. The van der Waals surface area contributed by atoms with E-state index in [9.17, 15) is 13.6 Å². The number of methoxy groups -OCH3 is 1. The van der Waals surface area contributed by atoms with Gasteiger partial charge in [-0.15, -0.1) is 0 Å². The molecule has 0 N–H and O–H groups in total. The highest BCUT2D eigenvalue weighted by atomic mass is 19.2. The quantitative estimate of drug-likeness (QED) is 0.854. The van der Waals surface area contributed by atoms with Crippen molar-refractivity contribution in [1.82, 2.24) is 4.90 Å². The third kappa shape index (κ3) is 2.85. The number of halogens is 2. The number of benzene rings is 1. The fraction of sp³-hybridized carbons (Fsp3) is 0.588. The van der Waals surface area contributed by atoms with E-state index in [0.29, 0.717) is 37.8 Å². The van der Waals surface area contributed by atoms with Gasteiger partial charge in [-0.05, 0) is 43.4 Å².